The summed E-state index contributed by atoms with van der Waals surface area (Å²) in [4.78, 5) is 16.8. The second kappa shape index (κ2) is 6.32. The molecule has 2 heterocycles. The first kappa shape index (κ1) is 15.4. The fourth-order valence-electron chi connectivity index (χ4n) is 2.34. The fourth-order valence-corrected chi connectivity index (χ4v) is 3.03. The van der Waals surface area contributed by atoms with Crippen molar-refractivity contribution in [3.63, 3.8) is 0 Å². The van der Waals surface area contributed by atoms with E-state index >= 15 is 0 Å². The Bertz CT molecular complexity index is 987. The number of rotatable bonds is 4. The van der Waals surface area contributed by atoms with Crippen LogP contribution >= 0.6 is 23.1 Å². The molecule has 0 amide bonds. The number of nitrogens with zero attached hydrogens (tertiary/aromatic N) is 3. The van der Waals surface area contributed by atoms with Crippen molar-refractivity contribution in [2.45, 2.75) is 0 Å². The van der Waals surface area contributed by atoms with Crippen LogP contribution in [0.2, 0.25) is 5.02 Å². The molecule has 0 radical (unpaired) electrons. The summed E-state index contributed by atoms with van der Waals surface area (Å²) in [5.74, 6) is 0. The van der Waals surface area contributed by atoms with Crippen LogP contribution in [0.5, 0.6) is 0 Å². The van der Waals surface area contributed by atoms with Gasteiger partial charge in [0.2, 0.25) is 0 Å². The Morgan fingerprint density at radius 3 is 2.83 bits per heavy atom. The van der Waals surface area contributed by atoms with Crippen LogP contribution in [0.25, 0.3) is 27.9 Å². The molecule has 0 saturated heterocycles. The number of aromatic nitrogens is 3. The molecule has 23 heavy (non-hydrogen) atoms. The lowest BCUT2D eigenvalue weighted by Gasteiger charge is -2.13. The predicted molar refractivity (Wildman–Crippen MR) is 96.8 cm³/mol. The molecule has 0 aliphatic carbocycles. The molecule has 6 heteroatoms. The van der Waals surface area contributed by atoms with Crippen LogP contribution in [0.1, 0.15) is 0 Å². The van der Waals surface area contributed by atoms with E-state index < -0.39 is 5.69 Å². The largest absolute Gasteiger partial charge is 0.353 e. The number of hydrogen-bond acceptors (Lipinski definition) is 4. The predicted octanol–water partition coefficient (Wildman–Crippen LogP) is 4.39. The zero-order valence-electron chi connectivity index (χ0n) is 12.1. The third-order valence-electron chi connectivity index (χ3n) is 3.32. The van der Waals surface area contributed by atoms with Crippen LogP contribution in [0.3, 0.4) is 0 Å². The van der Waals surface area contributed by atoms with Gasteiger partial charge >= 0.3 is 5.69 Å². The Morgan fingerprint density at radius 1 is 1.35 bits per heavy atom. The highest BCUT2D eigenvalue weighted by molar-refractivity contribution is 7.03. The highest BCUT2D eigenvalue weighted by Gasteiger charge is 2.14. The van der Waals surface area contributed by atoms with Crippen LogP contribution in [0.4, 0.5) is 0 Å². The van der Waals surface area contributed by atoms with Crippen LogP contribution in [0, 0.1) is 0 Å². The first-order valence-corrected chi connectivity index (χ1v) is 7.94. The third-order valence-corrected chi connectivity index (χ3v) is 4.14. The zero-order chi connectivity index (χ0) is 16.4. The summed E-state index contributed by atoms with van der Waals surface area (Å²) in [6.07, 6.45) is 6.56. The molecular weight excluding hydrogens is 330 g/mol. The first-order chi connectivity index (χ1) is 11.2. The van der Waals surface area contributed by atoms with Gasteiger partial charge in [-0.3, -0.25) is 4.57 Å². The van der Waals surface area contributed by atoms with E-state index in [1.165, 1.54) is 16.1 Å². The second-order valence-corrected chi connectivity index (χ2v) is 5.78. The van der Waals surface area contributed by atoms with Gasteiger partial charge in [0, 0.05) is 21.4 Å². The van der Waals surface area contributed by atoms with Crippen LogP contribution in [0.15, 0.2) is 66.0 Å². The highest BCUT2D eigenvalue weighted by atomic mass is 35.5. The fraction of sp³-hybridized carbons (Fsp3) is 0. The van der Waals surface area contributed by atoms with E-state index in [4.69, 9.17) is 11.6 Å². The molecule has 2 aromatic heterocycles. The van der Waals surface area contributed by atoms with Crippen molar-refractivity contribution in [2.24, 2.45) is 0 Å². The summed E-state index contributed by atoms with van der Waals surface area (Å²) in [5.41, 5.74) is 2.23. The van der Waals surface area contributed by atoms with Gasteiger partial charge in [-0.15, -0.1) is 0 Å². The highest BCUT2D eigenvalue weighted by Crippen LogP contribution is 2.29. The summed E-state index contributed by atoms with van der Waals surface area (Å²) in [6.45, 7) is 7.42. The SMILES string of the molecule is C=C/C=C(\C=C)n1c(=O)nc(-c2cnsc2)c2ccc(Cl)cc21. The number of hydrogen-bond donors (Lipinski definition) is 0. The van der Waals surface area contributed by atoms with Crippen molar-refractivity contribution in [3.05, 3.63) is 76.7 Å². The van der Waals surface area contributed by atoms with Gasteiger partial charge in [0.05, 0.1) is 23.1 Å². The summed E-state index contributed by atoms with van der Waals surface area (Å²) in [6, 6.07) is 5.36. The molecule has 0 saturated carbocycles. The maximum absolute atomic E-state index is 12.6. The minimum atomic E-state index is -0.408. The van der Waals surface area contributed by atoms with Crippen molar-refractivity contribution in [1.29, 1.82) is 0 Å². The summed E-state index contributed by atoms with van der Waals surface area (Å²) < 4.78 is 5.55. The molecule has 0 spiro atoms. The quantitative estimate of drug-likeness (QED) is 0.661. The Morgan fingerprint density at radius 2 is 2.17 bits per heavy atom. The van der Waals surface area contributed by atoms with E-state index in [1.54, 1.807) is 36.6 Å². The van der Waals surface area contributed by atoms with Crippen LogP contribution < -0.4 is 5.69 Å². The van der Waals surface area contributed by atoms with E-state index in [2.05, 4.69) is 22.5 Å². The molecule has 0 N–H and O–H groups in total. The maximum Gasteiger partial charge on any atom is 0.353 e. The van der Waals surface area contributed by atoms with E-state index in [-0.39, 0.29) is 0 Å². The summed E-state index contributed by atoms with van der Waals surface area (Å²) >= 11 is 7.44. The number of fused-ring (bicyclic) bond motifs is 1. The van der Waals surface area contributed by atoms with E-state index in [0.717, 1.165) is 10.9 Å². The van der Waals surface area contributed by atoms with Crippen molar-refractivity contribution in [1.82, 2.24) is 13.9 Å². The van der Waals surface area contributed by atoms with E-state index in [0.29, 0.717) is 21.9 Å². The number of allylic oxidation sites excluding steroid dienone is 4. The lowest BCUT2D eigenvalue weighted by Crippen LogP contribution is -2.23. The van der Waals surface area contributed by atoms with Gasteiger partial charge in [-0.2, -0.15) is 4.98 Å². The smallest absolute Gasteiger partial charge is 0.260 e. The molecule has 114 valence electrons. The van der Waals surface area contributed by atoms with E-state index in [9.17, 15) is 4.79 Å². The van der Waals surface area contributed by atoms with Crippen molar-refractivity contribution in [2.75, 3.05) is 0 Å². The van der Waals surface area contributed by atoms with Gasteiger partial charge in [-0.05, 0) is 41.9 Å². The molecule has 0 aliphatic rings. The normalized spacial score (nSPS) is 11.6. The van der Waals surface area contributed by atoms with E-state index in [1.807, 2.05) is 11.4 Å². The van der Waals surface area contributed by atoms with Gasteiger partial charge in [0.1, 0.15) is 0 Å². The molecule has 1 aromatic carbocycles. The van der Waals surface area contributed by atoms with Gasteiger partial charge in [0.25, 0.3) is 0 Å². The number of benzene rings is 1. The Balaban J connectivity index is 2.46. The molecular formula is C17H12ClN3OS. The molecule has 3 aromatic rings. The topological polar surface area (TPSA) is 47.8 Å². The van der Waals surface area contributed by atoms with Gasteiger partial charge in [-0.25, -0.2) is 9.17 Å². The average molecular weight is 342 g/mol. The molecule has 0 atom stereocenters. The maximum atomic E-state index is 12.6. The standard InChI is InChI=1S/C17H12ClN3OS/c1-3-5-13(4-2)21-15-8-12(18)6-7-14(15)16(20-17(21)22)11-9-19-23-10-11/h3-10H,1-2H2/b13-5+. The average Bonchev–Trinajstić information content (AvgIpc) is 3.06. The lowest BCUT2D eigenvalue weighted by atomic mass is 10.1. The first-order valence-electron chi connectivity index (χ1n) is 6.73. The van der Waals surface area contributed by atoms with Crippen LogP contribution in [-0.4, -0.2) is 13.9 Å². The zero-order valence-corrected chi connectivity index (χ0v) is 13.6. The number of halogens is 1. The molecule has 0 fully saturated rings. The molecule has 3 rings (SSSR count). The third kappa shape index (κ3) is 2.76. The Labute approximate surface area is 141 Å². The molecule has 0 unspecified atom stereocenters. The van der Waals surface area contributed by atoms with Gasteiger partial charge in [-0.1, -0.05) is 30.8 Å². The summed E-state index contributed by atoms with van der Waals surface area (Å²) in [7, 11) is 0. The lowest BCUT2D eigenvalue weighted by molar-refractivity contribution is 0.991. The molecule has 0 aliphatic heterocycles. The van der Waals surface area contributed by atoms with Crippen LogP contribution in [-0.2, 0) is 0 Å². The second-order valence-electron chi connectivity index (χ2n) is 4.68. The summed E-state index contributed by atoms with van der Waals surface area (Å²) in [5, 5.41) is 3.20. The van der Waals surface area contributed by atoms with Gasteiger partial charge in [0.15, 0.2) is 0 Å². The van der Waals surface area contributed by atoms with Crippen molar-refractivity contribution >= 4 is 39.7 Å². The Kier molecular flexibility index (Phi) is 4.23. The molecule has 4 nitrogen and oxygen atoms in total. The van der Waals surface area contributed by atoms with Crippen molar-refractivity contribution in [3.8, 4) is 11.3 Å². The Hall–Kier alpha value is -2.50. The van der Waals surface area contributed by atoms with Crippen molar-refractivity contribution < 1.29 is 0 Å². The minimum absolute atomic E-state index is 0.408. The monoisotopic (exact) mass is 341 g/mol. The minimum Gasteiger partial charge on any atom is -0.260 e. The molecule has 0 bridgehead atoms. The van der Waals surface area contributed by atoms with Gasteiger partial charge < -0.3 is 0 Å².